The van der Waals surface area contributed by atoms with E-state index in [-0.39, 0.29) is 65.7 Å². The number of anilines is 1. The van der Waals surface area contributed by atoms with Gasteiger partial charge in [-0.25, -0.2) is 24.1 Å². The number of carbonyl (C=O) groups is 1. The molecule has 1 amide bonds. The van der Waals surface area contributed by atoms with Crippen LogP contribution in [0.5, 0.6) is 6.01 Å². The zero-order valence-corrected chi connectivity index (χ0v) is 30.8. The Bertz CT molecular complexity index is 2240. The summed E-state index contributed by atoms with van der Waals surface area (Å²) in [5.41, 5.74) is -0.829. The van der Waals surface area contributed by atoms with Crippen molar-refractivity contribution in [3.63, 3.8) is 0 Å². The number of hydrogen-bond donors (Lipinski definition) is 0. The fraction of sp³-hybridized carbons (Fsp3) is 0.488. The Morgan fingerprint density at radius 1 is 1.05 bits per heavy atom. The first-order valence-corrected chi connectivity index (χ1v) is 19.4. The number of hydrogen-bond acceptors (Lipinski definition) is 9. The summed E-state index contributed by atoms with van der Waals surface area (Å²) < 4.78 is 73.2. The lowest BCUT2D eigenvalue weighted by Gasteiger charge is -2.39. The first-order valence-electron chi connectivity index (χ1n) is 19.4. The third-order valence-corrected chi connectivity index (χ3v) is 12.4. The SMILES string of the molecule is [C-]#[N+]C[C@H]1CN(c2nc(OC[C@@]34CCCN3C[C@H](F)C4)nc3c(F)c(-c4cccc5ccc(F)c(F)c45)ncc23)CCN1C(=O)/C=C/CN1[C@@H]2CC[C@H]1COC2. The van der Waals surface area contributed by atoms with E-state index < -0.39 is 35.2 Å². The van der Waals surface area contributed by atoms with Gasteiger partial charge in [0, 0.05) is 74.5 Å². The number of morpholine rings is 1. The molecule has 292 valence electrons. The number of fused-ring (bicyclic) bond motifs is 5. The number of nitrogens with zero attached hydrogens (tertiary/aromatic N) is 8. The normalized spacial score (nSPS) is 26.8. The molecule has 5 fully saturated rings. The summed E-state index contributed by atoms with van der Waals surface area (Å²) in [4.78, 5) is 39.0. The van der Waals surface area contributed by atoms with E-state index in [1.807, 2.05) is 11.0 Å². The molecule has 2 aromatic heterocycles. The number of rotatable bonds is 9. The lowest BCUT2D eigenvalue weighted by Crippen LogP contribution is -2.56. The Hall–Kier alpha value is -4.91. The van der Waals surface area contributed by atoms with Crippen molar-refractivity contribution in [2.75, 3.05) is 70.5 Å². The summed E-state index contributed by atoms with van der Waals surface area (Å²) in [6.45, 7) is 11.8. The maximum Gasteiger partial charge on any atom is 0.319 e. The van der Waals surface area contributed by atoms with Crippen LogP contribution >= 0.6 is 0 Å². The molecule has 5 aliphatic rings. The van der Waals surface area contributed by atoms with E-state index in [9.17, 15) is 13.6 Å². The molecule has 0 N–H and O–H groups in total. The van der Waals surface area contributed by atoms with Gasteiger partial charge in [0.15, 0.2) is 17.5 Å². The molecule has 0 aliphatic carbocycles. The fourth-order valence-electron chi connectivity index (χ4n) is 9.65. The Morgan fingerprint density at radius 3 is 2.71 bits per heavy atom. The van der Waals surface area contributed by atoms with Crippen LogP contribution in [0.2, 0.25) is 0 Å². The van der Waals surface area contributed by atoms with Crippen LogP contribution in [-0.2, 0) is 9.53 Å². The van der Waals surface area contributed by atoms with Crippen molar-refractivity contribution in [3.05, 3.63) is 77.5 Å². The van der Waals surface area contributed by atoms with Crippen molar-refractivity contribution < 1.29 is 31.8 Å². The molecule has 9 rings (SSSR count). The van der Waals surface area contributed by atoms with E-state index in [1.54, 1.807) is 23.1 Å². The minimum Gasteiger partial charge on any atom is -0.461 e. The molecule has 5 aliphatic heterocycles. The molecule has 0 saturated carbocycles. The molecule has 11 nitrogen and oxygen atoms in total. The first kappa shape index (κ1) is 36.7. The van der Waals surface area contributed by atoms with Crippen LogP contribution in [0.15, 0.2) is 48.7 Å². The number of halogens is 4. The Kier molecular flexibility index (Phi) is 9.75. The van der Waals surface area contributed by atoms with Crippen LogP contribution in [0.1, 0.15) is 32.1 Å². The van der Waals surface area contributed by atoms with Gasteiger partial charge in [-0.3, -0.25) is 19.6 Å². The standard InChI is InChI=1S/C41H42F4N8O3/c1-46-18-29-21-50(15-16-53(29)33(54)7-3-14-52-27-9-10-28(52)23-55-22-27)39-31-19-47-37(30-6-2-5-25-8-11-32(43)35(44)34(25)30)36(45)38(31)48-40(49-39)56-24-41-12-4-13-51(41)20-26(42)17-41/h2-3,5-8,11,19,26-29H,4,9-10,12-18,20-24H2/b7-3+/t26-,27-,28+,29+,41+/m1/s1. The molecular formula is C41H42F4N8O3. The largest absolute Gasteiger partial charge is 0.461 e. The maximum absolute atomic E-state index is 16.9. The van der Waals surface area contributed by atoms with Gasteiger partial charge in [-0.15, -0.1) is 0 Å². The van der Waals surface area contributed by atoms with Crippen molar-refractivity contribution in [2.24, 2.45) is 0 Å². The monoisotopic (exact) mass is 770 g/mol. The lowest BCUT2D eigenvalue weighted by molar-refractivity contribution is -0.128. The number of piperazine rings is 1. The smallest absolute Gasteiger partial charge is 0.319 e. The Balaban J connectivity index is 1.04. The van der Waals surface area contributed by atoms with Gasteiger partial charge >= 0.3 is 6.01 Å². The summed E-state index contributed by atoms with van der Waals surface area (Å²) in [6, 6.07) is 7.26. The highest BCUT2D eigenvalue weighted by molar-refractivity contribution is 5.99. The highest BCUT2D eigenvalue weighted by atomic mass is 19.2. The minimum absolute atomic E-state index is 0.0405. The second-order valence-electron chi connectivity index (χ2n) is 15.6. The first-order chi connectivity index (χ1) is 27.2. The predicted molar refractivity (Wildman–Crippen MR) is 201 cm³/mol. The highest BCUT2D eigenvalue weighted by Gasteiger charge is 2.49. The molecule has 0 unspecified atom stereocenters. The zero-order chi connectivity index (χ0) is 38.6. The molecule has 2 aromatic carbocycles. The number of pyridine rings is 1. The van der Waals surface area contributed by atoms with Crippen LogP contribution in [0.3, 0.4) is 0 Å². The lowest BCUT2D eigenvalue weighted by atomic mass is 9.95. The molecule has 0 spiro atoms. The van der Waals surface area contributed by atoms with Gasteiger partial charge in [0.1, 0.15) is 35.8 Å². The van der Waals surface area contributed by atoms with Crippen molar-refractivity contribution in [1.29, 1.82) is 0 Å². The Morgan fingerprint density at radius 2 is 1.89 bits per heavy atom. The summed E-state index contributed by atoms with van der Waals surface area (Å²) in [5, 5.41) is 0.511. The second kappa shape index (κ2) is 14.9. The van der Waals surface area contributed by atoms with E-state index in [2.05, 4.69) is 24.6 Å². The molecule has 5 saturated heterocycles. The number of amides is 1. The summed E-state index contributed by atoms with van der Waals surface area (Å²) in [6.07, 6.45) is 8.06. The minimum atomic E-state index is -1.11. The summed E-state index contributed by atoms with van der Waals surface area (Å²) >= 11 is 0. The van der Waals surface area contributed by atoms with E-state index >= 15 is 8.78 Å². The van der Waals surface area contributed by atoms with Crippen LogP contribution in [0.25, 0.3) is 37.8 Å². The van der Waals surface area contributed by atoms with Gasteiger partial charge in [0.2, 0.25) is 12.5 Å². The van der Waals surface area contributed by atoms with Crippen molar-refractivity contribution >= 4 is 33.4 Å². The third-order valence-electron chi connectivity index (χ3n) is 12.4. The molecular weight excluding hydrogens is 728 g/mol. The molecule has 5 atom stereocenters. The number of aromatic nitrogens is 3. The van der Waals surface area contributed by atoms with Crippen molar-refractivity contribution in [3.8, 4) is 17.3 Å². The van der Waals surface area contributed by atoms with Crippen molar-refractivity contribution in [2.45, 2.75) is 61.9 Å². The van der Waals surface area contributed by atoms with E-state index in [0.717, 1.165) is 38.3 Å². The maximum atomic E-state index is 16.9. The molecule has 2 bridgehead atoms. The van der Waals surface area contributed by atoms with Crippen LogP contribution in [-0.4, -0.2) is 131 Å². The molecule has 15 heteroatoms. The number of benzene rings is 2. The number of alkyl halides is 1. The second-order valence-corrected chi connectivity index (χ2v) is 15.6. The topological polar surface area (TPSA) is 91.5 Å². The number of carbonyl (C=O) groups excluding carboxylic acids is 1. The van der Waals surface area contributed by atoms with Gasteiger partial charge in [0.05, 0.1) is 24.1 Å². The van der Waals surface area contributed by atoms with Crippen LogP contribution in [0.4, 0.5) is 23.4 Å². The molecule has 56 heavy (non-hydrogen) atoms. The summed E-state index contributed by atoms with van der Waals surface area (Å²) in [5.74, 6) is -2.94. The van der Waals surface area contributed by atoms with E-state index in [4.69, 9.17) is 21.0 Å². The Labute approximate surface area is 321 Å². The van der Waals surface area contributed by atoms with Crippen molar-refractivity contribution in [1.82, 2.24) is 29.7 Å². The van der Waals surface area contributed by atoms with E-state index in [0.29, 0.717) is 62.6 Å². The average Bonchev–Trinajstić information content (AvgIpc) is 3.80. The van der Waals surface area contributed by atoms with Gasteiger partial charge in [0.25, 0.3) is 0 Å². The zero-order valence-electron chi connectivity index (χ0n) is 30.8. The fourth-order valence-corrected chi connectivity index (χ4v) is 9.65. The molecule has 7 heterocycles. The van der Waals surface area contributed by atoms with Gasteiger partial charge in [-0.2, -0.15) is 9.97 Å². The molecule has 0 radical (unpaired) electrons. The molecule has 4 aromatic rings. The van der Waals surface area contributed by atoms with Gasteiger partial charge in [-0.1, -0.05) is 30.3 Å². The number of ether oxygens (including phenoxy) is 2. The average molecular weight is 771 g/mol. The van der Waals surface area contributed by atoms with Gasteiger partial charge < -0.3 is 24.1 Å². The summed E-state index contributed by atoms with van der Waals surface area (Å²) in [7, 11) is 0. The highest BCUT2D eigenvalue weighted by Crippen LogP contribution is 2.41. The predicted octanol–water partition coefficient (Wildman–Crippen LogP) is 5.57. The van der Waals surface area contributed by atoms with Gasteiger partial charge in [-0.05, 0) is 43.7 Å². The van der Waals surface area contributed by atoms with Crippen LogP contribution in [0, 0.1) is 24.0 Å². The van der Waals surface area contributed by atoms with E-state index in [1.165, 1.54) is 18.3 Å². The third kappa shape index (κ3) is 6.51. The quantitative estimate of drug-likeness (QED) is 0.123. The van der Waals surface area contributed by atoms with Crippen LogP contribution < -0.4 is 9.64 Å².